The summed E-state index contributed by atoms with van der Waals surface area (Å²) < 4.78 is 44.9. The Morgan fingerprint density at radius 3 is 2.60 bits per heavy atom. The normalized spacial score (nSPS) is 15.2. The highest BCUT2D eigenvalue weighted by Crippen LogP contribution is 2.33. The Morgan fingerprint density at radius 1 is 1.36 bits per heavy atom. The average Bonchev–Trinajstić information content (AvgIpc) is 2.84. The number of hydrogen-bond acceptors (Lipinski definition) is 5. The summed E-state index contributed by atoms with van der Waals surface area (Å²) in [6, 6.07) is 3.42. The zero-order valence-electron chi connectivity index (χ0n) is 13.9. The van der Waals surface area contributed by atoms with Gasteiger partial charge in [-0.3, -0.25) is 5.01 Å². The monoisotopic (exact) mass is 357 g/mol. The van der Waals surface area contributed by atoms with E-state index >= 15 is 0 Å². The van der Waals surface area contributed by atoms with Crippen LogP contribution < -0.4 is 4.74 Å². The van der Waals surface area contributed by atoms with Crippen molar-refractivity contribution in [1.29, 1.82) is 0 Å². The number of hydrazone groups is 1. The van der Waals surface area contributed by atoms with Gasteiger partial charge in [0.05, 0.1) is 11.7 Å². The number of nitrogens with zero attached hydrogens (tertiary/aromatic N) is 3. The summed E-state index contributed by atoms with van der Waals surface area (Å²) in [6.07, 6.45) is -2.66. The lowest BCUT2D eigenvalue weighted by Crippen LogP contribution is -2.26. The van der Waals surface area contributed by atoms with Gasteiger partial charge in [0.15, 0.2) is 5.84 Å². The van der Waals surface area contributed by atoms with Crippen molar-refractivity contribution in [3.63, 3.8) is 0 Å². The van der Waals surface area contributed by atoms with Gasteiger partial charge in [0, 0.05) is 24.9 Å². The van der Waals surface area contributed by atoms with E-state index < -0.39 is 17.7 Å². The molecule has 2 rings (SSSR count). The number of hydrogen-bond donors (Lipinski definition) is 1. The summed E-state index contributed by atoms with van der Waals surface area (Å²) in [4.78, 5) is 12.2. The second-order valence-corrected chi connectivity index (χ2v) is 5.77. The van der Waals surface area contributed by atoms with E-state index in [0.29, 0.717) is 0 Å². The molecule has 1 aromatic carbocycles. The molecular weight excluding hydrogens is 339 g/mol. The molecule has 0 aliphatic carbocycles. The van der Waals surface area contributed by atoms with Crippen molar-refractivity contribution < 1.29 is 27.8 Å². The van der Waals surface area contributed by atoms with Crippen molar-refractivity contribution in [3.8, 4) is 5.75 Å². The molecule has 0 unspecified atom stereocenters. The number of halogens is 3. The molecule has 0 atom stereocenters. The number of carboxylic acid groups (broad SMARTS) is 1. The van der Waals surface area contributed by atoms with E-state index in [1.807, 2.05) is 0 Å². The Hall–Kier alpha value is -2.71. The van der Waals surface area contributed by atoms with Gasteiger partial charge in [0.2, 0.25) is 0 Å². The molecule has 136 valence electrons. The SMILES string of the molecule is CC(C)Oc1cc(C2=NN(/C=C\C(=O)O)CN2C)cc(C(F)(F)F)c1. The molecule has 9 heteroatoms. The first-order valence-corrected chi connectivity index (χ1v) is 7.43. The smallest absolute Gasteiger partial charge is 0.416 e. The first-order valence-electron chi connectivity index (χ1n) is 7.43. The number of aliphatic carboxylic acids is 1. The van der Waals surface area contributed by atoms with Crippen LogP contribution in [-0.2, 0) is 11.0 Å². The summed E-state index contributed by atoms with van der Waals surface area (Å²) in [7, 11) is 1.65. The Bertz CT molecular complexity index is 714. The summed E-state index contributed by atoms with van der Waals surface area (Å²) >= 11 is 0. The van der Waals surface area contributed by atoms with Crippen LogP contribution in [0.1, 0.15) is 25.0 Å². The standard InChI is InChI=1S/C16H18F3N3O3/c1-10(2)25-13-7-11(6-12(8-13)16(17,18)19)15-20-22(9-21(15)3)5-4-14(23)24/h4-8,10H,9H2,1-3H3,(H,23,24)/b5-4-. The van der Waals surface area contributed by atoms with E-state index in [1.165, 1.54) is 17.3 Å². The van der Waals surface area contributed by atoms with Gasteiger partial charge in [-0.1, -0.05) is 0 Å². The highest BCUT2D eigenvalue weighted by Gasteiger charge is 2.33. The Morgan fingerprint density at radius 2 is 2.04 bits per heavy atom. The second kappa shape index (κ2) is 7.04. The predicted octanol–water partition coefficient (Wildman–Crippen LogP) is 2.96. The molecule has 0 spiro atoms. The molecule has 0 saturated carbocycles. The van der Waals surface area contributed by atoms with Gasteiger partial charge >= 0.3 is 12.1 Å². The lowest BCUT2D eigenvalue weighted by molar-refractivity contribution is -0.137. The van der Waals surface area contributed by atoms with Crippen molar-refractivity contribution in [3.05, 3.63) is 41.6 Å². The molecule has 0 saturated heterocycles. The summed E-state index contributed by atoms with van der Waals surface area (Å²) in [5, 5.41) is 14.1. The van der Waals surface area contributed by atoms with E-state index in [9.17, 15) is 18.0 Å². The van der Waals surface area contributed by atoms with Crippen LogP contribution in [-0.4, -0.2) is 46.6 Å². The number of rotatable bonds is 5. The fraction of sp³-hybridized carbons (Fsp3) is 0.375. The largest absolute Gasteiger partial charge is 0.491 e. The first kappa shape index (κ1) is 18.6. The van der Waals surface area contributed by atoms with Crippen LogP contribution in [0.15, 0.2) is 35.6 Å². The number of amidine groups is 1. The van der Waals surface area contributed by atoms with Gasteiger partial charge in [-0.05, 0) is 32.0 Å². The summed E-state index contributed by atoms with van der Waals surface area (Å²) in [6.45, 7) is 3.66. The molecule has 1 aromatic rings. The number of benzene rings is 1. The molecule has 0 radical (unpaired) electrons. The summed E-state index contributed by atoms with van der Waals surface area (Å²) in [5.41, 5.74) is -0.601. The van der Waals surface area contributed by atoms with Crippen molar-refractivity contribution >= 4 is 11.8 Å². The third kappa shape index (κ3) is 4.88. The van der Waals surface area contributed by atoms with E-state index in [2.05, 4.69) is 5.10 Å². The molecule has 0 aromatic heterocycles. The van der Waals surface area contributed by atoms with Crippen LogP contribution in [0, 0.1) is 0 Å². The third-order valence-electron chi connectivity index (χ3n) is 3.19. The van der Waals surface area contributed by atoms with Crippen molar-refractivity contribution in [2.75, 3.05) is 13.7 Å². The number of ether oxygens (including phenoxy) is 1. The molecule has 6 nitrogen and oxygen atoms in total. The molecule has 1 N–H and O–H groups in total. The first-order chi connectivity index (χ1) is 11.6. The molecule has 0 amide bonds. The van der Waals surface area contributed by atoms with Gasteiger partial charge in [-0.15, -0.1) is 0 Å². The van der Waals surface area contributed by atoms with Crippen LogP contribution in [0.2, 0.25) is 0 Å². The van der Waals surface area contributed by atoms with Crippen molar-refractivity contribution in [1.82, 2.24) is 9.91 Å². The topological polar surface area (TPSA) is 65.4 Å². The van der Waals surface area contributed by atoms with Crippen LogP contribution >= 0.6 is 0 Å². The van der Waals surface area contributed by atoms with Gasteiger partial charge in [-0.2, -0.15) is 18.3 Å². The molecule has 0 bridgehead atoms. The van der Waals surface area contributed by atoms with Crippen LogP contribution in [0.5, 0.6) is 5.75 Å². The second-order valence-electron chi connectivity index (χ2n) is 5.77. The minimum Gasteiger partial charge on any atom is -0.491 e. The third-order valence-corrected chi connectivity index (χ3v) is 3.19. The van der Waals surface area contributed by atoms with E-state index in [4.69, 9.17) is 9.84 Å². The van der Waals surface area contributed by atoms with Crippen molar-refractivity contribution in [2.45, 2.75) is 26.1 Å². The molecule has 1 aliphatic heterocycles. The van der Waals surface area contributed by atoms with Gasteiger partial charge in [0.1, 0.15) is 12.4 Å². The Labute approximate surface area is 142 Å². The van der Waals surface area contributed by atoms with Gasteiger partial charge in [-0.25, -0.2) is 4.79 Å². The number of carbonyl (C=O) groups is 1. The van der Waals surface area contributed by atoms with Crippen LogP contribution in [0.25, 0.3) is 0 Å². The zero-order chi connectivity index (χ0) is 18.8. The van der Waals surface area contributed by atoms with Gasteiger partial charge < -0.3 is 14.7 Å². The number of alkyl halides is 3. The maximum absolute atomic E-state index is 13.2. The maximum Gasteiger partial charge on any atom is 0.416 e. The van der Waals surface area contributed by atoms with Crippen LogP contribution in [0.4, 0.5) is 13.2 Å². The van der Waals surface area contributed by atoms with E-state index in [-0.39, 0.29) is 29.9 Å². The average molecular weight is 357 g/mol. The van der Waals surface area contributed by atoms with E-state index in [1.54, 1.807) is 25.8 Å². The van der Waals surface area contributed by atoms with Crippen LogP contribution in [0.3, 0.4) is 0 Å². The molecule has 1 heterocycles. The van der Waals surface area contributed by atoms with Crippen molar-refractivity contribution in [2.24, 2.45) is 5.10 Å². The lowest BCUT2D eigenvalue weighted by atomic mass is 10.1. The van der Waals surface area contributed by atoms with Gasteiger partial charge in [0.25, 0.3) is 0 Å². The fourth-order valence-electron chi connectivity index (χ4n) is 2.25. The molecular formula is C16H18F3N3O3. The predicted molar refractivity (Wildman–Crippen MR) is 85.0 cm³/mol. The Balaban J connectivity index is 2.42. The summed E-state index contributed by atoms with van der Waals surface area (Å²) in [5.74, 6) is -0.761. The molecule has 25 heavy (non-hydrogen) atoms. The fourth-order valence-corrected chi connectivity index (χ4v) is 2.25. The minimum atomic E-state index is -4.52. The maximum atomic E-state index is 13.2. The highest BCUT2D eigenvalue weighted by atomic mass is 19.4. The number of carboxylic acids is 1. The Kier molecular flexibility index (Phi) is 5.24. The molecule has 1 aliphatic rings. The zero-order valence-corrected chi connectivity index (χ0v) is 13.9. The van der Waals surface area contributed by atoms with E-state index in [0.717, 1.165) is 18.2 Å². The minimum absolute atomic E-state index is 0.0930. The molecule has 0 fully saturated rings. The lowest BCUT2D eigenvalue weighted by Gasteiger charge is -2.17. The quantitative estimate of drug-likeness (QED) is 0.821. The highest BCUT2D eigenvalue weighted by molar-refractivity contribution is 5.99.